The molecule has 0 aliphatic carbocycles. The van der Waals surface area contributed by atoms with Crippen molar-refractivity contribution >= 4 is 27.3 Å². The Bertz CT molecular complexity index is 1300. The second kappa shape index (κ2) is 7.18. The van der Waals surface area contributed by atoms with Gasteiger partial charge in [-0.15, -0.1) is 0 Å². The van der Waals surface area contributed by atoms with Gasteiger partial charge in [0.25, 0.3) is 15.9 Å². The summed E-state index contributed by atoms with van der Waals surface area (Å²) in [6.07, 6.45) is 0. The van der Waals surface area contributed by atoms with E-state index in [1.54, 1.807) is 31.2 Å². The average molecular weight is 423 g/mol. The van der Waals surface area contributed by atoms with Gasteiger partial charge in [-0.1, -0.05) is 12.1 Å². The molecule has 6 nitrogen and oxygen atoms in total. The SMILES string of the molecule is Cc1ccc2c(c1)NC(=O)c1cc(NS(=O)(=O)c3cc(C)c(C)cc3C)ccc1O2. The number of hydrogen-bond acceptors (Lipinski definition) is 4. The maximum absolute atomic E-state index is 13.0. The Morgan fingerprint density at radius 1 is 0.833 bits per heavy atom. The van der Waals surface area contributed by atoms with E-state index in [-0.39, 0.29) is 22.1 Å². The number of fused-ring (bicyclic) bond motifs is 2. The fourth-order valence-corrected chi connectivity index (χ4v) is 4.79. The van der Waals surface area contributed by atoms with Gasteiger partial charge in [-0.05, 0) is 86.3 Å². The van der Waals surface area contributed by atoms with E-state index in [9.17, 15) is 13.2 Å². The summed E-state index contributed by atoms with van der Waals surface area (Å²) in [7, 11) is -3.82. The highest BCUT2D eigenvalue weighted by Gasteiger charge is 2.23. The molecule has 0 unspecified atom stereocenters. The van der Waals surface area contributed by atoms with Crippen LogP contribution in [0, 0.1) is 27.7 Å². The van der Waals surface area contributed by atoms with Crippen LogP contribution in [0.25, 0.3) is 0 Å². The lowest BCUT2D eigenvalue weighted by molar-refractivity contribution is 0.102. The molecule has 154 valence electrons. The summed E-state index contributed by atoms with van der Waals surface area (Å²) in [5.74, 6) is 0.532. The van der Waals surface area contributed by atoms with Crippen LogP contribution < -0.4 is 14.8 Å². The van der Waals surface area contributed by atoms with E-state index in [4.69, 9.17) is 4.74 Å². The van der Waals surface area contributed by atoms with Gasteiger partial charge >= 0.3 is 0 Å². The van der Waals surface area contributed by atoms with Crippen molar-refractivity contribution in [3.05, 3.63) is 76.3 Å². The Balaban J connectivity index is 1.69. The van der Waals surface area contributed by atoms with Crippen LogP contribution in [-0.2, 0) is 10.0 Å². The first-order valence-electron chi connectivity index (χ1n) is 9.48. The lowest BCUT2D eigenvalue weighted by Crippen LogP contribution is -2.16. The van der Waals surface area contributed by atoms with Crippen LogP contribution in [0.4, 0.5) is 11.4 Å². The van der Waals surface area contributed by atoms with Crippen LogP contribution in [0.2, 0.25) is 0 Å². The summed E-state index contributed by atoms with van der Waals surface area (Å²) in [6.45, 7) is 7.50. The highest BCUT2D eigenvalue weighted by atomic mass is 32.2. The first-order chi connectivity index (χ1) is 14.1. The largest absolute Gasteiger partial charge is 0.454 e. The van der Waals surface area contributed by atoms with Gasteiger partial charge in [0.2, 0.25) is 0 Å². The Labute approximate surface area is 176 Å². The Morgan fingerprint density at radius 3 is 2.30 bits per heavy atom. The van der Waals surface area contributed by atoms with E-state index in [1.807, 2.05) is 39.0 Å². The first kappa shape index (κ1) is 20.0. The fourth-order valence-electron chi connectivity index (χ4n) is 3.43. The topological polar surface area (TPSA) is 84.5 Å². The zero-order chi connectivity index (χ0) is 21.6. The quantitative estimate of drug-likeness (QED) is 0.616. The zero-order valence-corrected chi connectivity index (χ0v) is 18.0. The molecule has 30 heavy (non-hydrogen) atoms. The fraction of sp³-hybridized carbons (Fsp3) is 0.174. The monoisotopic (exact) mass is 422 g/mol. The number of ether oxygens (including phenoxy) is 1. The number of amides is 1. The van der Waals surface area contributed by atoms with Crippen LogP contribution in [0.1, 0.15) is 32.6 Å². The lowest BCUT2D eigenvalue weighted by atomic mass is 10.1. The summed E-state index contributed by atoms with van der Waals surface area (Å²) in [5, 5.41) is 2.82. The predicted octanol–water partition coefficient (Wildman–Crippen LogP) is 5.08. The maximum Gasteiger partial charge on any atom is 0.262 e. The van der Waals surface area contributed by atoms with Crippen LogP contribution in [0.3, 0.4) is 0 Å². The van der Waals surface area contributed by atoms with Crippen molar-refractivity contribution in [2.45, 2.75) is 32.6 Å². The Kier molecular flexibility index (Phi) is 4.78. The maximum atomic E-state index is 13.0. The second-order valence-corrected chi connectivity index (χ2v) is 9.23. The van der Waals surface area contributed by atoms with Gasteiger partial charge in [0.1, 0.15) is 5.75 Å². The van der Waals surface area contributed by atoms with Crippen molar-refractivity contribution in [1.82, 2.24) is 0 Å². The molecule has 0 fully saturated rings. The number of sulfonamides is 1. The van der Waals surface area contributed by atoms with E-state index < -0.39 is 10.0 Å². The standard InChI is InChI=1S/C23H22N2O4S/c1-13-5-7-21-19(9-13)24-23(26)18-12-17(6-8-20(18)29-21)25-30(27,28)22-11-15(3)14(2)10-16(22)4/h5-12,25H,1-4H3,(H,24,26). The van der Waals surface area contributed by atoms with Crippen LogP contribution in [0.15, 0.2) is 53.4 Å². The summed E-state index contributed by atoms with van der Waals surface area (Å²) in [6, 6.07) is 13.7. The van der Waals surface area contributed by atoms with Crippen molar-refractivity contribution in [3.8, 4) is 11.5 Å². The van der Waals surface area contributed by atoms with Gasteiger partial charge < -0.3 is 10.1 Å². The van der Waals surface area contributed by atoms with E-state index >= 15 is 0 Å². The molecule has 7 heteroatoms. The first-order valence-corrected chi connectivity index (χ1v) is 11.0. The van der Waals surface area contributed by atoms with Crippen molar-refractivity contribution in [2.24, 2.45) is 0 Å². The smallest absolute Gasteiger partial charge is 0.262 e. The molecule has 0 spiro atoms. The van der Waals surface area contributed by atoms with Crippen LogP contribution in [0.5, 0.6) is 11.5 Å². The normalized spacial score (nSPS) is 12.9. The molecule has 0 atom stereocenters. The van der Waals surface area contributed by atoms with Gasteiger partial charge in [-0.25, -0.2) is 8.42 Å². The van der Waals surface area contributed by atoms with Crippen molar-refractivity contribution in [3.63, 3.8) is 0 Å². The number of hydrogen-bond donors (Lipinski definition) is 2. The minimum absolute atomic E-state index is 0.212. The molecular weight excluding hydrogens is 400 g/mol. The van der Waals surface area contributed by atoms with E-state index in [2.05, 4.69) is 10.0 Å². The molecule has 3 aromatic carbocycles. The third kappa shape index (κ3) is 3.64. The number of aryl methyl sites for hydroxylation is 4. The Hall–Kier alpha value is -3.32. The molecule has 2 N–H and O–H groups in total. The molecule has 1 aliphatic heterocycles. The van der Waals surface area contributed by atoms with Gasteiger partial charge in [0, 0.05) is 5.69 Å². The number of anilines is 2. The molecule has 1 aliphatic rings. The van der Waals surface area contributed by atoms with Crippen LogP contribution in [-0.4, -0.2) is 14.3 Å². The van der Waals surface area contributed by atoms with Gasteiger partial charge in [-0.2, -0.15) is 0 Å². The molecule has 0 aromatic heterocycles. The minimum atomic E-state index is -3.82. The van der Waals surface area contributed by atoms with E-state index in [0.29, 0.717) is 22.7 Å². The number of benzene rings is 3. The lowest BCUT2D eigenvalue weighted by Gasteiger charge is -2.14. The molecule has 1 heterocycles. The van der Waals surface area contributed by atoms with Crippen molar-refractivity contribution < 1.29 is 17.9 Å². The molecule has 0 saturated heterocycles. The zero-order valence-electron chi connectivity index (χ0n) is 17.2. The van der Waals surface area contributed by atoms with E-state index in [1.165, 1.54) is 6.07 Å². The predicted molar refractivity (Wildman–Crippen MR) is 117 cm³/mol. The summed E-state index contributed by atoms with van der Waals surface area (Å²) in [4.78, 5) is 12.9. The third-order valence-corrected chi connectivity index (χ3v) is 6.68. The Morgan fingerprint density at radius 2 is 1.53 bits per heavy atom. The molecule has 3 aromatic rings. The summed E-state index contributed by atoms with van der Waals surface area (Å²) < 4.78 is 34.4. The summed E-state index contributed by atoms with van der Waals surface area (Å²) in [5.41, 5.74) is 4.68. The number of carbonyl (C=O) groups excluding carboxylic acids is 1. The number of rotatable bonds is 3. The molecule has 0 saturated carbocycles. The minimum Gasteiger partial charge on any atom is -0.454 e. The average Bonchev–Trinajstić information content (AvgIpc) is 2.80. The molecular formula is C23H22N2O4S. The number of nitrogens with one attached hydrogen (secondary N) is 2. The highest BCUT2D eigenvalue weighted by Crippen LogP contribution is 2.37. The van der Waals surface area contributed by atoms with Gasteiger partial charge in [0.05, 0.1) is 16.1 Å². The summed E-state index contributed by atoms with van der Waals surface area (Å²) >= 11 is 0. The van der Waals surface area contributed by atoms with Gasteiger partial charge in [0.15, 0.2) is 5.75 Å². The number of carbonyl (C=O) groups is 1. The van der Waals surface area contributed by atoms with Crippen LogP contribution >= 0.6 is 0 Å². The van der Waals surface area contributed by atoms with E-state index in [0.717, 1.165) is 16.7 Å². The molecule has 0 radical (unpaired) electrons. The molecule has 0 bridgehead atoms. The molecule has 1 amide bonds. The highest BCUT2D eigenvalue weighted by molar-refractivity contribution is 7.92. The van der Waals surface area contributed by atoms with Crippen molar-refractivity contribution in [1.29, 1.82) is 0 Å². The molecule has 4 rings (SSSR count). The van der Waals surface area contributed by atoms with Gasteiger partial charge in [-0.3, -0.25) is 9.52 Å². The second-order valence-electron chi connectivity index (χ2n) is 7.57. The van der Waals surface area contributed by atoms with Crippen molar-refractivity contribution in [2.75, 3.05) is 10.0 Å². The third-order valence-electron chi connectivity index (χ3n) is 5.16.